The monoisotopic (exact) mass is 636 g/mol. The number of Topliss-reactive ketones (excluding diaryl/α,β-unsaturated/α-hetero) is 1. The number of ketones is 1. The number of benzene rings is 1. The molecule has 0 aliphatic heterocycles. The predicted molar refractivity (Wildman–Crippen MR) is 146 cm³/mol. The smallest absolute Gasteiger partial charge is 0.308 e. The molecular weight excluding hydrogens is 608 g/mol. The Morgan fingerprint density at radius 3 is 2.78 bits per heavy atom. The van der Waals surface area contributed by atoms with Crippen LogP contribution in [0.3, 0.4) is 0 Å². The molecule has 5 atom stereocenters. The second-order valence-electron chi connectivity index (χ2n) is 10.7. The minimum absolute atomic E-state index is 0.0300. The van der Waals surface area contributed by atoms with E-state index in [0.29, 0.717) is 41.3 Å². The van der Waals surface area contributed by atoms with Crippen molar-refractivity contribution in [1.82, 2.24) is 4.98 Å². The van der Waals surface area contributed by atoms with Crippen molar-refractivity contribution < 1.29 is 19.1 Å². The van der Waals surface area contributed by atoms with Gasteiger partial charge in [-0.1, -0.05) is 6.92 Å². The van der Waals surface area contributed by atoms with Gasteiger partial charge in [-0.2, -0.15) is 0 Å². The Morgan fingerprint density at radius 2 is 2.08 bits per heavy atom. The zero-order valence-electron chi connectivity index (χ0n) is 20.7. The van der Waals surface area contributed by atoms with E-state index in [1.807, 2.05) is 6.92 Å². The van der Waals surface area contributed by atoms with E-state index >= 15 is 0 Å². The number of halogens is 2. The molecule has 5 unspecified atom stereocenters. The molecule has 36 heavy (non-hydrogen) atoms. The van der Waals surface area contributed by atoms with Gasteiger partial charge >= 0.3 is 5.97 Å². The highest BCUT2D eigenvalue weighted by atomic mass is 79.9. The summed E-state index contributed by atoms with van der Waals surface area (Å²) in [6.45, 7) is 5.54. The highest BCUT2D eigenvalue weighted by Crippen LogP contribution is 2.63. The number of anilines is 1. The summed E-state index contributed by atoms with van der Waals surface area (Å²) in [5.74, 6) is 1.77. The van der Waals surface area contributed by atoms with Crippen molar-refractivity contribution in [3.8, 4) is 5.75 Å². The number of amides is 1. The Balaban J connectivity index is 1.37. The number of hydrogen-bond acceptors (Lipinski definition) is 6. The lowest BCUT2D eigenvalue weighted by Crippen LogP contribution is -2.44. The van der Waals surface area contributed by atoms with Gasteiger partial charge in [0.2, 0.25) is 5.91 Å². The van der Waals surface area contributed by atoms with Gasteiger partial charge in [0.05, 0.1) is 8.95 Å². The van der Waals surface area contributed by atoms with Gasteiger partial charge in [0, 0.05) is 36.3 Å². The molecule has 0 radical (unpaired) electrons. The summed E-state index contributed by atoms with van der Waals surface area (Å²) in [4.78, 5) is 42.9. The molecule has 1 aromatic carbocycles. The third kappa shape index (κ3) is 4.60. The summed E-state index contributed by atoms with van der Waals surface area (Å²) in [5.41, 5.74) is 2.19. The third-order valence-corrected chi connectivity index (χ3v) is 10.8. The fourth-order valence-electron chi connectivity index (χ4n) is 7.10. The van der Waals surface area contributed by atoms with Crippen LogP contribution in [0.4, 0.5) is 5.13 Å². The number of nitrogens with zero attached hydrogens (tertiary/aromatic N) is 1. The zero-order chi connectivity index (χ0) is 25.8. The maximum atomic E-state index is 13.3. The maximum Gasteiger partial charge on any atom is 0.308 e. The number of thiazole rings is 1. The largest absolute Gasteiger partial charge is 0.424 e. The molecule has 5 rings (SSSR count). The van der Waals surface area contributed by atoms with Gasteiger partial charge in [-0.25, -0.2) is 4.98 Å². The summed E-state index contributed by atoms with van der Waals surface area (Å²) in [6.07, 6.45) is 7.16. The van der Waals surface area contributed by atoms with Crippen LogP contribution in [0.2, 0.25) is 0 Å². The quantitative estimate of drug-likeness (QED) is 0.283. The van der Waals surface area contributed by atoms with Crippen LogP contribution in [0.25, 0.3) is 0 Å². The third-order valence-electron chi connectivity index (χ3n) is 8.58. The van der Waals surface area contributed by atoms with Gasteiger partial charge < -0.3 is 10.1 Å². The van der Waals surface area contributed by atoms with Gasteiger partial charge in [0.1, 0.15) is 5.78 Å². The lowest BCUT2D eigenvalue weighted by atomic mass is 9.54. The van der Waals surface area contributed by atoms with Gasteiger partial charge in [0.25, 0.3) is 0 Å². The molecule has 3 aliphatic carbocycles. The highest BCUT2D eigenvalue weighted by molar-refractivity contribution is 9.11. The second-order valence-corrected chi connectivity index (χ2v) is 13.6. The molecular formula is C27H30Br2N2O4S. The van der Waals surface area contributed by atoms with E-state index in [-0.39, 0.29) is 29.1 Å². The molecule has 1 heterocycles. The number of carbonyl (C=O) groups is 3. The van der Waals surface area contributed by atoms with Crippen molar-refractivity contribution in [3.05, 3.63) is 37.2 Å². The number of aryl methyl sites for hydroxylation is 1. The molecule has 2 aromatic rings. The van der Waals surface area contributed by atoms with Gasteiger partial charge in [0.15, 0.2) is 10.9 Å². The molecule has 2 saturated carbocycles. The number of aromatic nitrogens is 1. The topological polar surface area (TPSA) is 85.4 Å². The van der Waals surface area contributed by atoms with E-state index in [2.05, 4.69) is 55.2 Å². The van der Waals surface area contributed by atoms with Crippen molar-refractivity contribution in [1.29, 1.82) is 0 Å². The number of nitrogens with one attached hydrogen (secondary N) is 1. The van der Waals surface area contributed by atoms with E-state index < -0.39 is 0 Å². The Labute approximate surface area is 232 Å². The van der Waals surface area contributed by atoms with Crippen molar-refractivity contribution in [3.63, 3.8) is 0 Å². The lowest BCUT2D eigenvalue weighted by Gasteiger charge is -2.50. The van der Waals surface area contributed by atoms with E-state index in [0.717, 1.165) is 45.9 Å². The second kappa shape index (κ2) is 9.95. The molecule has 1 aromatic heterocycles. The van der Waals surface area contributed by atoms with Crippen LogP contribution in [-0.4, -0.2) is 22.6 Å². The van der Waals surface area contributed by atoms with Crippen LogP contribution < -0.4 is 10.1 Å². The first-order valence-electron chi connectivity index (χ1n) is 12.5. The van der Waals surface area contributed by atoms with Crippen molar-refractivity contribution in [2.24, 2.45) is 23.2 Å². The van der Waals surface area contributed by atoms with Crippen LogP contribution in [0, 0.1) is 30.1 Å². The van der Waals surface area contributed by atoms with Crippen molar-refractivity contribution >= 4 is 66.0 Å². The van der Waals surface area contributed by atoms with Crippen molar-refractivity contribution in [2.75, 3.05) is 5.32 Å². The Kier molecular flexibility index (Phi) is 7.20. The molecule has 0 bridgehead atoms. The molecule has 192 valence electrons. The van der Waals surface area contributed by atoms with Crippen LogP contribution in [0.1, 0.15) is 74.3 Å². The zero-order valence-corrected chi connectivity index (χ0v) is 24.6. The molecule has 0 saturated heterocycles. The minimum atomic E-state index is -0.347. The Bertz CT molecular complexity index is 1240. The number of carbonyl (C=O) groups excluding carboxylic acids is 3. The average molecular weight is 638 g/mol. The Morgan fingerprint density at radius 1 is 1.31 bits per heavy atom. The fraction of sp³-hybridized carbons (Fsp3) is 0.556. The first kappa shape index (κ1) is 26.0. The highest BCUT2D eigenvalue weighted by Gasteiger charge is 2.58. The van der Waals surface area contributed by atoms with E-state index in [4.69, 9.17) is 4.74 Å². The molecule has 2 fully saturated rings. The van der Waals surface area contributed by atoms with Gasteiger partial charge in [-0.3, -0.25) is 14.4 Å². The summed E-state index contributed by atoms with van der Waals surface area (Å²) in [7, 11) is 0. The first-order chi connectivity index (χ1) is 17.1. The number of rotatable bonds is 5. The standard InChI is InChI=1S/C27H30Br2N2O4S/c1-13-12-30-26(36-13)31-22(34)7-4-15-10-21(33)27(3)9-8-16-17(23(15)27)5-6-18-19(16)11-20(28)25(24(18)29)35-14(2)32/h11-12,15-17,23H,4-10H2,1-3H3,(H,30,31,34). The van der Waals surface area contributed by atoms with E-state index in [1.165, 1.54) is 29.4 Å². The SMILES string of the molecule is CC(=O)Oc1c(Br)cc2c(c1Br)CCC1C2CCC2(C)C(=O)CC(CCC(=O)Nc3ncc(C)s3)C12. The number of esters is 1. The van der Waals surface area contributed by atoms with Crippen LogP contribution >= 0.6 is 43.2 Å². The predicted octanol–water partition coefficient (Wildman–Crippen LogP) is 6.97. The summed E-state index contributed by atoms with van der Waals surface area (Å²) < 4.78 is 7.09. The maximum absolute atomic E-state index is 13.3. The summed E-state index contributed by atoms with van der Waals surface area (Å²) in [6, 6.07) is 2.12. The van der Waals surface area contributed by atoms with Crippen molar-refractivity contribution in [2.45, 2.75) is 71.6 Å². The van der Waals surface area contributed by atoms with Gasteiger partial charge in [-0.05, 0) is 112 Å². The molecule has 1 N–H and O–H groups in total. The molecule has 0 spiro atoms. The molecule has 3 aliphatic rings. The molecule has 6 nitrogen and oxygen atoms in total. The van der Waals surface area contributed by atoms with Crippen LogP contribution in [-0.2, 0) is 20.8 Å². The lowest BCUT2D eigenvalue weighted by molar-refractivity contribution is -0.132. The summed E-state index contributed by atoms with van der Waals surface area (Å²) in [5, 5.41) is 3.55. The molecule has 9 heteroatoms. The first-order valence-corrected chi connectivity index (χ1v) is 14.9. The van der Waals surface area contributed by atoms with Crippen LogP contribution in [0.15, 0.2) is 21.2 Å². The van der Waals surface area contributed by atoms with Crippen LogP contribution in [0.5, 0.6) is 5.75 Å². The van der Waals surface area contributed by atoms with E-state index in [1.54, 1.807) is 6.20 Å². The Hall–Kier alpha value is -1.58. The number of hydrogen-bond donors (Lipinski definition) is 1. The average Bonchev–Trinajstić information content (AvgIpc) is 3.34. The summed E-state index contributed by atoms with van der Waals surface area (Å²) >= 11 is 8.80. The van der Waals surface area contributed by atoms with Gasteiger partial charge in [-0.15, -0.1) is 11.3 Å². The minimum Gasteiger partial charge on any atom is -0.424 e. The number of fused-ring (bicyclic) bond motifs is 5. The normalized spacial score (nSPS) is 28.8. The number of ether oxygens (including phenoxy) is 1. The fourth-order valence-corrected chi connectivity index (χ4v) is 9.30. The molecule has 1 amide bonds. The van der Waals surface area contributed by atoms with E-state index in [9.17, 15) is 14.4 Å².